The van der Waals surface area contributed by atoms with Gasteiger partial charge in [0.25, 0.3) is 0 Å². The smallest absolute Gasteiger partial charge is 0.234 e. The molecule has 3 rings (SSSR count). The van der Waals surface area contributed by atoms with Crippen molar-refractivity contribution in [2.45, 2.75) is 44.6 Å². The molecular formula is C22H20Cl2N4O3. The largest absolute Gasteiger partial charge is 0.351 e. The maximum absolute atomic E-state index is 12.8. The van der Waals surface area contributed by atoms with Crippen molar-refractivity contribution in [1.29, 1.82) is 5.26 Å². The van der Waals surface area contributed by atoms with Crippen LogP contribution in [0.3, 0.4) is 0 Å². The molecule has 0 bridgehead atoms. The van der Waals surface area contributed by atoms with Crippen LogP contribution in [0.4, 0.5) is 0 Å². The third kappa shape index (κ3) is 4.87. The predicted octanol–water partition coefficient (Wildman–Crippen LogP) is 3.37. The summed E-state index contributed by atoms with van der Waals surface area (Å²) >= 11 is 12.8. The minimum absolute atomic E-state index is 0.162. The fourth-order valence-corrected chi connectivity index (χ4v) is 4.20. The van der Waals surface area contributed by atoms with Crippen molar-refractivity contribution in [1.82, 2.24) is 15.6 Å². The van der Waals surface area contributed by atoms with Crippen LogP contribution in [0.1, 0.15) is 55.0 Å². The molecule has 7 nitrogen and oxygen atoms in total. The van der Waals surface area contributed by atoms with E-state index in [9.17, 15) is 14.4 Å². The molecule has 1 aromatic heterocycles. The van der Waals surface area contributed by atoms with Crippen LogP contribution in [-0.4, -0.2) is 22.7 Å². The Morgan fingerprint density at radius 2 is 1.97 bits per heavy atom. The van der Waals surface area contributed by atoms with E-state index in [1.165, 1.54) is 6.20 Å². The Labute approximate surface area is 189 Å². The number of nitriles is 1. The molecule has 31 heavy (non-hydrogen) atoms. The van der Waals surface area contributed by atoms with Gasteiger partial charge in [-0.1, -0.05) is 23.2 Å². The number of nitrogens with one attached hydrogen (secondary N) is 2. The van der Waals surface area contributed by atoms with E-state index in [0.717, 1.165) is 0 Å². The minimum atomic E-state index is -0.965. The summed E-state index contributed by atoms with van der Waals surface area (Å²) in [4.78, 5) is 40.6. The van der Waals surface area contributed by atoms with Crippen molar-refractivity contribution in [3.8, 4) is 6.07 Å². The summed E-state index contributed by atoms with van der Waals surface area (Å²) in [6.45, 7) is 3.60. The van der Waals surface area contributed by atoms with E-state index in [1.54, 1.807) is 38.1 Å². The lowest BCUT2D eigenvalue weighted by atomic mass is 9.87. The Kier molecular flexibility index (Phi) is 6.63. The van der Waals surface area contributed by atoms with E-state index in [0.29, 0.717) is 38.9 Å². The lowest BCUT2D eigenvalue weighted by Gasteiger charge is -2.24. The quantitative estimate of drug-likeness (QED) is 0.666. The maximum atomic E-state index is 12.8. The molecule has 1 unspecified atom stereocenters. The van der Waals surface area contributed by atoms with Crippen LogP contribution in [0.15, 0.2) is 30.5 Å². The van der Waals surface area contributed by atoms with Gasteiger partial charge in [0.05, 0.1) is 28.7 Å². The highest BCUT2D eigenvalue weighted by Gasteiger charge is 2.33. The number of aromatic nitrogens is 1. The number of piperidine rings is 1. The summed E-state index contributed by atoms with van der Waals surface area (Å²) < 4.78 is 0. The first-order chi connectivity index (χ1) is 14.6. The Balaban J connectivity index is 1.75. The van der Waals surface area contributed by atoms with Crippen molar-refractivity contribution in [3.05, 3.63) is 62.9 Å². The van der Waals surface area contributed by atoms with E-state index >= 15 is 0 Å². The second kappa shape index (κ2) is 9.04. The number of hydrogen-bond acceptors (Lipinski definition) is 5. The highest BCUT2D eigenvalue weighted by molar-refractivity contribution is 6.36. The average molecular weight is 459 g/mol. The summed E-state index contributed by atoms with van der Waals surface area (Å²) in [5, 5.41) is 14.8. The Hall–Kier alpha value is -2.95. The zero-order valence-corrected chi connectivity index (χ0v) is 18.5. The zero-order chi connectivity index (χ0) is 22.8. The van der Waals surface area contributed by atoms with Crippen LogP contribution in [0.25, 0.3) is 0 Å². The first-order valence-corrected chi connectivity index (χ1v) is 10.4. The van der Waals surface area contributed by atoms with Gasteiger partial charge in [0.15, 0.2) is 0 Å². The summed E-state index contributed by atoms with van der Waals surface area (Å²) in [7, 11) is 0. The molecule has 160 valence electrons. The number of amides is 3. The van der Waals surface area contributed by atoms with Gasteiger partial charge in [-0.15, -0.1) is 0 Å². The maximum Gasteiger partial charge on any atom is 0.234 e. The van der Waals surface area contributed by atoms with E-state index < -0.39 is 17.2 Å². The lowest BCUT2D eigenvalue weighted by molar-refractivity contribution is -0.134. The topological polar surface area (TPSA) is 112 Å². The summed E-state index contributed by atoms with van der Waals surface area (Å²) in [6.07, 6.45) is 2.05. The van der Waals surface area contributed by atoms with Gasteiger partial charge < -0.3 is 5.32 Å². The first kappa shape index (κ1) is 22.7. The van der Waals surface area contributed by atoms with Crippen LogP contribution in [-0.2, 0) is 26.3 Å². The number of halogens is 2. The van der Waals surface area contributed by atoms with Gasteiger partial charge in [-0.25, -0.2) is 0 Å². The van der Waals surface area contributed by atoms with Gasteiger partial charge in [0, 0.05) is 34.8 Å². The van der Waals surface area contributed by atoms with Crippen molar-refractivity contribution in [3.63, 3.8) is 0 Å². The van der Waals surface area contributed by atoms with Crippen LogP contribution in [0, 0.1) is 11.3 Å². The highest BCUT2D eigenvalue weighted by atomic mass is 35.5. The molecule has 0 saturated carbocycles. The number of pyridine rings is 1. The number of imide groups is 1. The molecule has 1 aliphatic heterocycles. The number of hydrogen-bond donors (Lipinski definition) is 2. The first-order valence-electron chi connectivity index (χ1n) is 9.60. The number of benzene rings is 1. The molecule has 9 heteroatoms. The van der Waals surface area contributed by atoms with Crippen LogP contribution < -0.4 is 10.6 Å². The minimum Gasteiger partial charge on any atom is -0.351 e. The standard InChI is InChI=1S/C22H20Cl2N4O3/c1-22(2,17-9-12(10-25)5-6-26-17)21(31)27-11-13-7-15(23)19(16(24)8-13)14-3-4-18(29)28-20(14)30/h5-9,14H,3-4,11H2,1-2H3,(H,27,31)(H,28,29,30). The summed E-state index contributed by atoms with van der Waals surface area (Å²) in [6, 6.07) is 8.49. The molecule has 2 aromatic rings. The number of carbonyl (C=O) groups excluding carboxylic acids is 3. The molecule has 0 spiro atoms. The second-order valence-electron chi connectivity index (χ2n) is 7.83. The molecule has 0 aliphatic carbocycles. The average Bonchev–Trinajstić information content (AvgIpc) is 2.73. The zero-order valence-electron chi connectivity index (χ0n) is 17.0. The molecule has 1 atom stereocenters. The van der Waals surface area contributed by atoms with Gasteiger partial charge >= 0.3 is 0 Å². The third-order valence-electron chi connectivity index (χ3n) is 5.28. The van der Waals surface area contributed by atoms with E-state index in [4.69, 9.17) is 28.5 Å². The summed E-state index contributed by atoms with van der Waals surface area (Å²) in [5.74, 6) is -1.62. The van der Waals surface area contributed by atoms with E-state index in [1.807, 2.05) is 6.07 Å². The molecule has 0 radical (unpaired) electrons. The SMILES string of the molecule is CC(C)(C(=O)NCc1cc(Cl)c(C2CCC(=O)NC2=O)c(Cl)c1)c1cc(C#N)ccn1. The van der Waals surface area contributed by atoms with Crippen molar-refractivity contribution in [2.24, 2.45) is 0 Å². The highest BCUT2D eigenvalue weighted by Crippen LogP contribution is 2.37. The molecule has 2 heterocycles. The molecule has 2 N–H and O–H groups in total. The van der Waals surface area contributed by atoms with E-state index in [2.05, 4.69) is 15.6 Å². The predicted molar refractivity (Wildman–Crippen MR) is 115 cm³/mol. The number of carbonyl (C=O) groups is 3. The van der Waals surface area contributed by atoms with Crippen LogP contribution in [0.5, 0.6) is 0 Å². The van der Waals surface area contributed by atoms with Gasteiger partial charge in [-0.05, 0) is 50.1 Å². The molecular weight excluding hydrogens is 439 g/mol. The molecule has 1 saturated heterocycles. The van der Waals surface area contributed by atoms with Gasteiger partial charge in [-0.2, -0.15) is 5.26 Å². The van der Waals surface area contributed by atoms with Gasteiger partial charge in [0.1, 0.15) is 0 Å². The third-order valence-corrected chi connectivity index (χ3v) is 5.90. The normalized spacial score (nSPS) is 16.4. The fraction of sp³-hybridized carbons (Fsp3) is 0.318. The molecule has 3 amide bonds. The fourth-order valence-electron chi connectivity index (χ4n) is 3.40. The number of rotatable bonds is 5. The molecule has 1 aliphatic rings. The van der Waals surface area contributed by atoms with Crippen molar-refractivity contribution >= 4 is 40.9 Å². The Bertz CT molecular complexity index is 1090. The van der Waals surface area contributed by atoms with Crippen LogP contribution in [0.2, 0.25) is 10.0 Å². The lowest BCUT2D eigenvalue weighted by Crippen LogP contribution is -2.40. The summed E-state index contributed by atoms with van der Waals surface area (Å²) in [5.41, 5.74) is 1.07. The van der Waals surface area contributed by atoms with E-state index in [-0.39, 0.29) is 24.8 Å². The van der Waals surface area contributed by atoms with Crippen LogP contribution >= 0.6 is 23.2 Å². The second-order valence-corrected chi connectivity index (χ2v) is 8.64. The monoisotopic (exact) mass is 458 g/mol. The molecule has 1 aromatic carbocycles. The van der Waals surface area contributed by atoms with Crippen molar-refractivity contribution < 1.29 is 14.4 Å². The van der Waals surface area contributed by atoms with Crippen molar-refractivity contribution in [2.75, 3.05) is 0 Å². The van der Waals surface area contributed by atoms with Gasteiger partial charge in [-0.3, -0.25) is 24.7 Å². The van der Waals surface area contributed by atoms with Gasteiger partial charge in [0.2, 0.25) is 17.7 Å². The number of nitrogens with zero attached hydrogens (tertiary/aromatic N) is 2. The molecule has 1 fully saturated rings. The Morgan fingerprint density at radius 3 is 2.58 bits per heavy atom. The Morgan fingerprint density at radius 1 is 1.29 bits per heavy atom.